The van der Waals surface area contributed by atoms with E-state index in [0.717, 1.165) is 55.3 Å². The molecule has 38 heavy (non-hydrogen) atoms. The van der Waals surface area contributed by atoms with Crippen molar-refractivity contribution in [3.63, 3.8) is 0 Å². The molecule has 4 aromatic rings. The molecule has 4 bridgehead atoms. The molecule has 0 radical (unpaired) electrons. The third kappa shape index (κ3) is 2.52. The van der Waals surface area contributed by atoms with Crippen molar-refractivity contribution < 1.29 is 18.6 Å². The molecule has 0 spiro atoms. The summed E-state index contributed by atoms with van der Waals surface area (Å²) in [5.74, 6) is 3.69. The number of allylic oxidation sites excluding steroid dienone is 2. The maximum absolute atomic E-state index is 6.20. The van der Waals surface area contributed by atoms with E-state index in [1.54, 1.807) is 0 Å². The third-order valence-electron chi connectivity index (χ3n) is 7.88. The summed E-state index contributed by atoms with van der Waals surface area (Å²) in [6, 6.07) is 16.5. The fraction of sp³-hybridized carbons (Fsp3) is 0.125. The first-order valence-corrected chi connectivity index (χ1v) is 12.7. The zero-order valence-electron chi connectivity index (χ0n) is 21.0. The predicted molar refractivity (Wildman–Crippen MR) is 140 cm³/mol. The summed E-state index contributed by atoms with van der Waals surface area (Å²) in [6.07, 6.45) is 20.9. The second-order valence-electron chi connectivity index (χ2n) is 10.1. The first-order valence-electron chi connectivity index (χ1n) is 12.7. The fourth-order valence-corrected chi connectivity index (χ4v) is 6.13. The van der Waals surface area contributed by atoms with Gasteiger partial charge in [0.25, 0.3) is 0 Å². The number of pyridine rings is 4. The highest BCUT2D eigenvalue weighted by Crippen LogP contribution is 2.48. The van der Waals surface area contributed by atoms with Gasteiger partial charge in [0.05, 0.1) is 10.4 Å². The van der Waals surface area contributed by atoms with Crippen molar-refractivity contribution in [3.8, 4) is 0 Å². The predicted octanol–water partition coefficient (Wildman–Crippen LogP) is 0.792. The van der Waals surface area contributed by atoms with Crippen molar-refractivity contribution in [2.24, 2.45) is 0 Å². The molecule has 4 aromatic heterocycles. The Labute approximate surface area is 218 Å². The van der Waals surface area contributed by atoms with Gasteiger partial charge in [-0.3, -0.25) is 9.97 Å². The van der Waals surface area contributed by atoms with E-state index in [1.165, 1.54) is 0 Å². The highest BCUT2D eigenvalue weighted by Gasteiger charge is 2.63. The Balaban J connectivity index is 1.26. The molecule has 0 unspecified atom stereocenters. The average molecular weight is 497 g/mol. The molecular weight excluding hydrogens is 472 g/mol. The van der Waals surface area contributed by atoms with Gasteiger partial charge in [-0.25, -0.2) is 0 Å². The molecule has 6 nitrogen and oxygen atoms in total. The van der Waals surface area contributed by atoms with Gasteiger partial charge in [0.15, 0.2) is 47.8 Å². The van der Waals surface area contributed by atoms with Gasteiger partial charge in [-0.15, -0.1) is 0 Å². The van der Waals surface area contributed by atoms with Gasteiger partial charge in [0.2, 0.25) is 0 Å². The van der Waals surface area contributed by atoms with Crippen LogP contribution in [0.15, 0.2) is 110 Å². The van der Waals surface area contributed by atoms with Gasteiger partial charge >= 0.3 is 11.1 Å². The Kier molecular flexibility index (Phi) is 4.12. The van der Waals surface area contributed by atoms with E-state index in [9.17, 15) is 0 Å². The normalized spacial score (nSPS) is 23.7. The molecule has 2 fully saturated rings. The summed E-state index contributed by atoms with van der Waals surface area (Å²) in [5, 5.41) is 4.34. The van der Waals surface area contributed by atoms with Crippen LogP contribution < -0.4 is 30.0 Å². The second-order valence-corrected chi connectivity index (χ2v) is 10.1. The standard InChI is InChI=1S/C32H24N4O2/c1-21-17-23-25(19-33-21)29-31(27(23)37-29,35-13-7-3-8-14-35)11-5-6-12-32(36-15-9-4-10-16-36)28-24-18-22(2)34-20-26(24)30(32)38-28/h3-20H,1-2H3/q+2/b11-5+,12-6+/t31-,32-/m0/s1. The number of hydrogen-bond donors (Lipinski definition) is 0. The number of ether oxygens (including phenoxy) is 2. The van der Waals surface area contributed by atoms with Gasteiger partial charge in [0, 0.05) is 70.6 Å². The van der Waals surface area contributed by atoms with Crippen LogP contribution in [0.2, 0.25) is 0 Å². The zero-order chi connectivity index (χ0) is 25.5. The molecule has 0 aromatic carbocycles. The van der Waals surface area contributed by atoms with Crippen LogP contribution in [0.25, 0.3) is 23.0 Å². The van der Waals surface area contributed by atoms with E-state index in [-0.39, 0.29) is 0 Å². The lowest BCUT2D eigenvalue weighted by atomic mass is 9.88. The van der Waals surface area contributed by atoms with Crippen LogP contribution in [0, 0.1) is 13.8 Å². The molecule has 2 atom stereocenters. The minimum Gasteiger partial charge on any atom is -0.448 e. The number of aryl methyl sites for hydroxylation is 2. The lowest BCUT2D eigenvalue weighted by molar-refractivity contribution is -0.734. The number of nitrogens with zero attached hydrogens (tertiary/aromatic N) is 4. The monoisotopic (exact) mass is 496 g/mol. The molecule has 0 N–H and O–H groups in total. The summed E-state index contributed by atoms with van der Waals surface area (Å²) in [5.41, 5.74) is 0.944. The molecular formula is C32H24N4O2+2. The number of fused-ring (bicyclic) bond motifs is 6. The summed E-state index contributed by atoms with van der Waals surface area (Å²) in [7, 11) is 0. The van der Waals surface area contributed by atoms with E-state index < -0.39 is 11.1 Å². The van der Waals surface area contributed by atoms with Crippen LogP contribution in [0.1, 0.15) is 11.4 Å². The maximum atomic E-state index is 6.20. The number of rotatable bonds is 5. The summed E-state index contributed by atoms with van der Waals surface area (Å²) in [4.78, 5) is 9.06. The summed E-state index contributed by atoms with van der Waals surface area (Å²) >= 11 is 0. The lowest BCUT2D eigenvalue weighted by Gasteiger charge is -2.35. The van der Waals surface area contributed by atoms with Crippen LogP contribution in [0.4, 0.5) is 0 Å². The Morgan fingerprint density at radius 2 is 0.974 bits per heavy atom. The van der Waals surface area contributed by atoms with Gasteiger partial charge < -0.3 is 9.47 Å². The molecule has 2 aliphatic heterocycles. The lowest BCUT2D eigenvalue weighted by Crippen LogP contribution is -2.61. The summed E-state index contributed by atoms with van der Waals surface area (Å²) in [6.45, 7) is 4.02. The molecule has 6 heterocycles. The Morgan fingerprint density at radius 1 is 0.579 bits per heavy atom. The largest absolute Gasteiger partial charge is 0.448 e. The molecule has 182 valence electrons. The number of aromatic nitrogens is 4. The Hall–Kier alpha value is -4.84. The molecule has 2 aliphatic carbocycles. The first kappa shape index (κ1) is 21.3. The van der Waals surface area contributed by atoms with E-state index in [4.69, 9.17) is 9.47 Å². The van der Waals surface area contributed by atoms with Crippen molar-refractivity contribution in [3.05, 3.63) is 142 Å². The molecule has 6 heteroatoms. The van der Waals surface area contributed by atoms with Crippen molar-refractivity contribution in [2.45, 2.75) is 24.9 Å². The molecule has 8 rings (SSSR count). The SMILES string of the molecule is Cc1cc2c(cn1)=C1OC=2[C@]1(/C=C/C=C/[C@@]1([n+]2ccccc2)C2=c3cnc(C)cc3=C1O2)[n+]1ccccc1. The molecule has 2 saturated heterocycles. The quantitative estimate of drug-likeness (QED) is 0.303. The van der Waals surface area contributed by atoms with Crippen molar-refractivity contribution in [1.82, 2.24) is 9.97 Å². The van der Waals surface area contributed by atoms with E-state index in [1.807, 2.05) is 62.6 Å². The minimum absolute atomic E-state index is 0.504. The molecule has 0 saturated carbocycles. The third-order valence-corrected chi connectivity index (χ3v) is 7.88. The van der Waals surface area contributed by atoms with Gasteiger partial charge in [-0.05, 0) is 26.0 Å². The topological polar surface area (TPSA) is 52.0 Å². The second kappa shape index (κ2) is 7.35. The summed E-state index contributed by atoms with van der Waals surface area (Å²) < 4.78 is 16.8. The van der Waals surface area contributed by atoms with Crippen molar-refractivity contribution >= 4 is 23.0 Å². The van der Waals surface area contributed by atoms with Crippen LogP contribution in [-0.2, 0) is 20.6 Å². The van der Waals surface area contributed by atoms with E-state index in [2.05, 4.69) is 80.3 Å². The number of hydrogen-bond acceptors (Lipinski definition) is 4. The van der Waals surface area contributed by atoms with Crippen LogP contribution in [0.3, 0.4) is 0 Å². The minimum atomic E-state index is -0.504. The molecule has 4 aliphatic rings. The zero-order valence-corrected chi connectivity index (χ0v) is 21.0. The van der Waals surface area contributed by atoms with Gasteiger partial charge in [-0.1, -0.05) is 24.3 Å². The van der Waals surface area contributed by atoms with Crippen molar-refractivity contribution in [2.75, 3.05) is 0 Å². The highest BCUT2D eigenvalue weighted by molar-refractivity contribution is 5.85. The Morgan fingerprint density at radius 3 is 1.39 bits per heavy atom. The Bertz CT molecular complexity index is 1850. The average Bonchev–Trinajstić information content (AvgIpc) is 3.64. The maximum Gasteiger partial charge on any atom is 0.302 e. The molecule has 0 amide bonds. The van der Waals surface area contributed by atoms with Crippen molar-refractivity contribution in [1.29, 1.82) is 0 Å². The highest BCUT2D eigenvalue weighted by atomic mass is 16.5. The van der Waals surface area contributed by atoms with E-state index >= 15 is 0 Å². The fourth-order valence-electron chi connectivity index (χ4n) is 6.13. The van der Waals surface area contributed by atoms with E-state index in [0.29, 0.717) is 0 Å². The first-order chi connectivity index (χ1) is 18.6. The van der Waals surface area contributed by atoms with Crippen LogP contribution >= 0.6 is 0 Å². The van der Waals surface area contributed by atoms with Crippen LogP contribution in [-0.4, -0.2) is 9.97 Å². The smallest absolute Gasteiger partial charge is 0.302 e. The van der Waals surface area contributed by atoms with Crippen LogP contribution in [0.5, 0.6) is 0 Å². The van der Waals surface area contributed by atoms with Gasteiger partial charge in [-0.2, -0.15) is 9.13 Å². The van der Waals surface area contributed by atoms with Gasteiger partial charge in [0.1, 0.15) is 0 Å².